The Kier molecular flexibility index (Phi) is 12.3. The summed E-state index contributed by atoms with van der Waals surface area (Å²) in [5.41, 5.74) is 5.13. The third kappa shape index (κ3) is 8.82. The maximum Gasteiger partial charge on any atom is 0.265 e. The maximum absolute atomic E-state index is 14.8. The molecule has 8 rings (SSSR count). The number of carbonyl (C=O) groups excluding carboxylic acids is 2. The van der Waals surface area contributed by atoms with Crippen LogP contribution in [0.25, 0.3) is 27.6 Å². The highest BCUT2D eigenvalue weighted by atomic mass is 79.9. The lowest BCUT2D eigenvalue weighted by Gasteiger charge is -2.30. The molecule has 0 saturated heterocycles. The van der Waals surface area contributed by atoms with Gasteiger partial charge in [0.05, 0.1) is 28.6 Å². The Morgan fingerprint density at radius 1 is 0.869 bits per heavy atom. The van der Waals surface area contributed by atoms with E-state index in [9.17, 15) is 23.1 Å². The average Bonchev–Trinajstić information content (AvgIpc) is 3.64. The van der Waals surface area contributed by atoms with Gasteiger partial charge in [0, 0.05) is 49.7 Å². The van der Waals surface area contributed by atoms with Crippen molar-refractivity contribution < 1.29 is 27.9 Å². The Labute approximate surface area is 371 Å². The van der Waals surface area contributed by atoms with Gasteiger partial charge in [-0.2, -0.15) is 5.10 Å². The van der Waals surface area contributed by atoms with Crippen LogP contribution in [0.3, 0.4) is 0 Å². The second kappa shape index (κ2) is 17.8. The first-order valence-corrected chi connectivity index (χ1v) is 22.7. The number of hydrogen-bond donors (Lipinski definition) is 2. The zero-order chi connectivity index (χ0) is 42.8. The van der Waals surface area contributed by atoms with Crippen molar-refractivity contribution in [2.45, 2.75) is 50.7 Å². The van der Waals surface area contributed by atoms with Gasteiger partial charge in [0.1, 0.15) is 11.5 Å². The van der Waals surface area contributed by atoms with Crippen molar-refractivity contribution in [3.63, 3.8) is 0 Å². The Morgan fingerprint density at radius 3 is 2.41 bits per heavy atom. The summed E-state index contributed by atoms with van der Waals surface area (Å²) in [6.07, 6.45) is 2.83. The topological polar surface area (TPSA) is 131 Å². The van der Waals surface area contributed by atoms with E-state index < -0.39 is 22.5 Å². The quantitative estimate of drug-likeness (QED) is 0.125. The minimum atomic E-state index is -4.38. The number of amides is 2. The minimum absolute atomic E-state index is 0.0403. The van der Waals surface area contributed by atoms with Gasteiger partial charge in [-0.3, -0.25) is 9.59 Å². The van der Waals surface area contributed by atoms with Crippen LogP contribution in [0.2, 0.25) is 10.0 Å². The molecule has 1 aromatic heterocycles. The number of nitrogens with zero attached hydrogens (tertiary/aromatic N) is 3. The third-order valence-electron chi connectivity index (χ3n) is 10.7. The zero-order valence-corrected chi connectivity index (χ0v) is 36.8. The van der Waals surface area contributed by atoms with Crippen LogP contribution < -0.4 is 9.46 Å². The predicted octanol–water partition coefficient (Wildman–Crippen LogP) is 10.7. The molecule has 0 bridgehead atoms. The summed E-state index contributed by atoms with van der Waals surface area (Å²) in [6, 6.07) is 34.8. The fourth-order valence-electron chi connectivity index (χ4n) is 7.62. The molecule has 0 atom stereocenters. The van der Waals surface area contributed by atoms with Crippen molar-refractivity contribution in [1.29, 1.82) is 0 Å². The molecule has 14 heteroatoms. The van der Waals surface area contributed by atoms with Gasteiger partial charge in [0.2, 0.25) is 0 Å². The van der Waals surface area contributed by atoms with E-state index in [-0.39, 0.29) is 21.9 Å². The van der Waals surface area contributed by atoms with Gasteiger partial charge in [0.15, 0.2) is 0 Å². The standard InChI is InChI=1S/C47H39BrCl2N4O6S/c1-2-3-11-44-45(43(28-55)51-54(44)33-13-15-34(16-14-33)60-35-10-6-9-32(49)25-35)38-18-12-30(24-40(38)47(57)53-23-22-29-7-4-5-8-31(29)27-53)46(56)52-61(58,59)36-17-19-37-39(26-36)41(48)20-21-42(37)50/h4-10,12-21,24-26,55H,2-3,11,22-23,27-28H2,1H3,(H,52,56). The molecule has 310 valence electrons. The molecule has 6 aromatic carbocycles. The number of hydrogen-bond acceptors (Lipinski definition) is 7. The van der Waals surface area contributed by atoms with E-state index in [0.717, 1.165) is 29.7 Å². The number of benzene rings is 6. The van der Waals surface area contributed by atoms with Gasteiger partial charge in [-0.25, -0.2) is 17.8 Å². The third-order valence-corrected chi connectivity index (χ3v) is 13.3. The molecular weight excluding hydrogens is 899 g/mol. The molecule has 0 fully saturated rings. The second-order valence-corrected chi connectivity index (χ2v) is 18.1. The maximum atomic E-state index is 14.8. The molecule has 0 radical (unpaired) electrons. The number of rotatable bonds is 12. The number of aromatic nitrogens is 2. The summed E-state index contributed by atoms with van der Waals surface area (Å²) in [5, 5.41) is 17.9. The van der Waals surface area contributed by atoms with E-state index in [1.165, 1.54) is 24.3 Å². The number of halogens is 3. The van der Waals surface area contributed by atoms with Crippen LogP contribution in [-0.4, -0.2) is 46.6 Å². The van der Waals surface area contributed by atoms with E-state index in [4.69, 9.17) is 33.0 Å². The monoisotopic (exact) mass is 936 g/mol. The van der Waals surface area contributed by atoms with E-state index in [1.54, 1.807) is 52.0 Å². The van der Waals surface area contributed by atoms with Crippen molar-refractivity contribution in [1.82, 2.24) is 19.4 Å². The number of ether oxygens (including phenoxy) is 1. The molecule has 0 spiro atoms. The molecule has 61 heavy (non-hydrogen) atoms. The van der Waals surface area contributed by atoms with E-state index in [1.807, 2.05) is 48.5 Å². The number of unbranched alkanes of at least 4 members (excludes halogenated alkanes) is 1. The fourth-order valence-corrected chi connectivity index (χ4v) is 9.49. The van der Waals surface area contributed by atoms with Gasteiger partial charge >= 0.3 is 0 Å². The first-order valence-electron chi connectivity index (χ1n) is 19.6. The molecule has 2 amide bonds. The number of aliphatic hydroxyl groups excluding tert-OH is 1. The fraction of sp³-hybridized carbons (Fsp3) is 0.170. The molecule has 2 heterocycles. The predicted molar refractivity (Wildman–Crippen MR) is 241 cm³/mol. The number of sulfonamides is 1. The molecule has 7 aromatic rings. The SMILES string of the molecule is CCCCc1c(-c2ccc(C(=O)NS(=O)(=O)c3ccc4c(Cl)ccc(Br)c4c3)cc2C(=O)N2CCc3ccccc3C2)c(CO)nn1-c1ccc(Oc2cccc(Cl)c2)cc1. The number of fused-ring (bicyclic) bond motifs is 2. The molecular formula is C47H39BrCl2N4O6S. The highest BCUT2D eigenvalue weighted by Gasteiger charge is 2.30. The normalized spacial score (nSPS) is 12.6. The Balaban J connectivity index is 1.20. The van der Waals surface area contributed by atoms with Crippen LogP contribution in [0.15, 0.2) is 131 Å². The summed E-state index contributed by atoms with van der Waals surface area (Å²) in [4.78, 5) is 30.4. The van der Waals surface area contributed by atoms with Crippen molar-refractivity contribution in [2.24, 2.45) is 0 Å². The Bertz CT molecular complexity index is 2940. The van der Waals surface area contributed by atoms with Gasteiger partial charge in [0.25, 0.3) is 21.8 Å². The van der Waals surface area contributed by atoms with Crippen molar-refractivity contribution in [3.05, 3.63) is 169 Å². The zero-order valence-electron chi connectivity index (χ0n) is 32.9. The van der Waals surface area contributed by atoms with Crippen LogP contribution in [-0.2, 0) is 36.0 Å². The smallest absolute Gasteiger partial charge is 0.265 e. The molecule has 0 aliphatic carbocycles. The van der Waals surface area contributed by atoms with Crippen molar-refractivity contribution in [3.8, 4) is 28.3 Å². The van der Waals surface area contributed by atoms with E-state index in [0.29, 0.717) is 85.2 Å². The van der Waals surface area contributed by atoms with Crippen LogP contribution in [0, 0.1) is 0 Å². The molecule has 0 saturated carbocycles. The first-order chi connectivity index (χ1) is 29.4. The average molecular weight is 939 g/mol. The highest BCUT2D eigenvalue weighted by molar-refractivity contribution is 9.10. The summed E-state index contributed by atoms with van der Waals surface area (Å²) in [7, 11) is -4.38. The molecule has 2 N–H and O–H groups in total. The lowest BCUT2D eigenvalue weighted by Crippen LogP contribution is -2.36. The summed E-state index contributed by atoms with van der Waals surface area (Å²) in [5.74, 6) is -0.0945. The van der Waals surface area contributed by atoms with Crippen molar-refractivity contribution in [2.75, 3.05) is 6.54 Å². The molecule has 0 unspecified atom stereocenters. The first kappa shape index (κ1) is 42.2. The lowest BCUT2D eigenvalue weighted by atomic mass is 9.92. The van der Waals surface area contributed by atoms with E-state index >= 15 is 0 Å². The van der Waals surface area contributed by atoms with Crippen molar-refractivity contribution >= 4 is 71.7 Å². The minimum Gasteiger partial charge on any atom is -0.457 e. The molecule has 10 nitrogen and oxygen atoms in total. The van der Waals surface area contributed by atoms with Crippen LogP contribution >= 0.6 is 39.1 Å². The summed E-state index contributed by atoms with van der Waals surface area (Å²) < 4.78 is 38.1. The largest absolute Gasteiger partial charge is 0.457 e. The number of aliphatic hydroxyl groups is 1. The summed E-state index contributed by atoms with van der Waals surface area (Å²) in [6.45, 7) is 2.42. The number of carbonyl (C=O) groups is 2. The van der Waals surface area contributed by atoms with Gasteiger partial charge < -0.3 is 14.7 Å². The van der Waals surface area contributed by atoms with Gasteiger partial charge in [-0.15, -0.1) is 0 Å². The highest BCUT2D eigenvalue weighted by Crippen LogP contribution is 2.37. The Morgan fingerprint density at radius 2 is 1.66 bits per heavy atom. The van der Waals surface area contributed by atoms with Crippen LogP contribution in [0.4, 0.5) is 0 Å². The van der Waals surface area contributed by atoms with E-state index in [2.05, 4.69) is 33.6 Å². The molecule has 1 aliphatic heterocycles. The van der Waals surface area contributed by atoms with Crippen LogP contribution in [0.5, 0.6) is 11.5 Å². The lowest BCUT2D eigenvalue weighted by molar-refractivity contribution is 0.0735. The summed E-state index contributed by atoms with van der Waals surface area (Å²) >= 11 is 16.0. The second-order valence-electron chi connectivity index (χ2n) is 14.7. The Hall–Kier alpha value is -5.50. The molecule has 1 aliphatic rings. The van der Waals surface area contributed by atoms with Gasteiger partial charge in [-0.1, -0.05) is 94.9 Å². The van der Waals surface area contributed by atoms with Crippen LogP contribution in [0.1, 0.15) is 63.0 Å². The number of nitrogens with one attached hydrogen (secondary N) is 1. The van der Waals surface area contributed by atoms with Gasteiger partial charge in [-0.05, 0) is 120 Å².